The first-order valence-electron chi connectivity index (χ1n) is 8.45. The van der Waals surface area contributed by atoms with Crippen molar-refractivity contribution in [3.63, 3.8) is 0 Å². The van der Waals surface area contributed by atoms with Gasteiger partial charge in [0.2, 0.25) is 5.52 Å². The molecule has 0 unspecified atom stereocenters. The normalized spacial score (nSPS) is 12.8. The fourth-order valence-corrected chi connectivity index (χ4v) is 4.02. The summed E-state index contributed by atoms with van der Waals surface area (Å²) in [6.45, 7) is 6.55. The third-order valence-electron chi connectivity index (χ3n) is 5.62. The van der Waals surface area contributed by atoms with Crippen molar-refractivity contribution in [1.29, 1.82) is 0 Å². The van der Waals surface area contributed by atoms with Crippen molar-refractivity contribution in [2.45, 2.75) is 27.2 Å². The van der Waals surface area contributed by atoms with Gasteiger partial charge in [0.05, 0.1) is 11.0 Å². The van der Waals surface area contributed by atoms with Crippen LogP contribution in [0.3, 0.4) is 0 Å². The zero-order chi connectivity index (χ0) is 16.6. The Kier molecular flexibility index (Phi) is 2.54. The summed E-state index contributed by atoms with van der Waals surface area (Å²) in [5, 5.41) is 1.28. The minimum atomic E-state index is 0.909. The van der Waals surface area contributed by atoms with Crippen LogP contribution in [0.15, 0.2) is 36.4 Å². The van der Waals surface area contributed by atoms with Gasteiger partial charge < -0.3 is 0 Å². The van der Waals surface area contributed by atoms with Crippen molar-refractivity contribution < 1.29 is 4.57 Å². The number of aromatic nitrogens is 3. The molecule has 2 aromatic carbocycles. The van der Waals surface area contributed by atoms with E-state index in [2.05, 4.69) is 73.4 Å². The van der Waals surface area contributed by atoms with E-state index in [4.69, 9.17) is 4.98 Å². The van der Waals surface area contributed by atoms with Crippen LogP contribution in [0, 0.1) is 20.8 Å². The molecule has 1 aliphatic heterocycles. The molecule has 0 spiro atoms. The Morgan fingerprint density at radius 1 is 1.00 bits per heavy atom. The van der Waals surface area contributed by atoms with Gasteiger partial charge >= 0.3 is 0 Å². The second kappa shape index (κ2) is 4.44. The highest BCUT2D eigenvalue weighted by Gasteiger charge is 2.29. The number of rotatable bonds is 0. The molecule has 0 fully saturated rings. The number of nitrogens with zero attached hydrogens (tertiary/aromatic N) is 3. The Labute approximate surface area is 141 Å². The molecule has 0 atom stereocenters. The Hall–Kier alpha value is -2.68. The van der Waals surface area contributed by atoms with Gasteiger partial charge in [0.1, 0.15) is 18.6 Å². The molecule has 3 heterocycles. The Morgan fingerprint density at radius 3 is 2.62 bits per heavy atom. The molecular formula is C21H20N3+. The molecule has 0 saturated carbocycles. The van der Waals surface area contributed by atoms with Crippen LogP contribution in [-0.4, -0.2) is 9.55 Å². The van der Waals surface area contributed by atoms with E-state index >= 15 is 0 Å². The van der Waals surface area contributed by atoms with Gasteiger partial charge in [-0.15, -0.1) is 0 Å². The van der Waals surface area contributed by atoms with E-state index in [1.807, 2.05) is 0 Å². The second-order valence-electron chi connectivity index (χ2n) is 6.96. The van der Waals surface area contributed by atoms with Crippen molar-refractivity contribution >= 4 is 21.9 Å². The number of hydrogen-bond donors (Lipinski definition) is 0. The van der Waals surface area contributed by atoms with Gasteiger partial charge in [-0.25, -0.2) is 4.98 Å². The van der Waals surface area contributed by atoms with E-state index in [0.717, 1.165) is 17.8 Å². The first-order valence-corrected chi connectivity index (χ1v) is 8.45. The van der Waals surface area contributed by atoms with Crippen molar-refractivity contribution in [3.8, 4) is 5.69 Å². The molecule has 1 aliphatic rings. The number of imidazole rings is 1. The highest BCUT2D eigenvalue weighted by atomic mass is 15.1. The average molecular weight is 314 g/mol. The lowest BCUT2D eigenvalue weighted by Gasteiger charge is -2.10. The fourth-order valence-electron chi connectivity index (χ4n) is 4.02. The number of hydrogen-bond acceptors (Lipinski definition) is 1. The number of pyridine rings is 1. The Morgan fingerprint density at radius 2 is 1.79 bits per heavy atom. The SMILES string of the molecule is Cc1ccc2nc3n(c2c1C)-c1c(ccc2ccc(C)[n+](C)c12)C3. The first-order chi connectivity index (χ1) is 11.6. The molecule has 4 aromatic rings. The van der Waals surface area contributed by atoms with E-state index in [1.54, 1.807) is 0 Å². The van der Waals surface area contributed by atoms with E-state index < -0.39 is 0 Å². The van der Waals surface area contributed by atoms with Crippen molar-refractivity contribution in [3.05, 3.63) is 64.6 Å². The standard InChI is InChI=1S/C21H20N3/c1-12-5-10-17-19(14(12)3)24-18(22-17)11-16-9-8-15-7-6-13(2)23(4)20(15)21(16)24/h5-10H,11H2,1-4H3/q+1. The smallest absolute Gasteiger partial charge is 0.237 e. The third kappa shape index (κ3) is 1.57. The third-order valence-corrected chi connectivity index (χ3v) is 5.62. The number of aryl methyl sites for hydroxylation is 4. The zero-order valence-corrected chi connectivity index (χ0v) is 14.5. The summed E-state index contributed by atoms with van der Waals surface area (Å²) in [5.74, 6) is 1.16. The van der Waals surface area contributed by atoms with Gasteiger partial charge in [0, 0.05) is 24.8 Å². The highest BCUT2D eigenvalue weighted by molar-refractivity contribution is 5.92. The molecule has 3 nitrogen and oxygen atoms in total. The molecule has 0 saturated heterocycles. The lowest BCUT2D eigenvalue weighted by atomic mass is 10.1. The van der Waals surface area contributed by atoms with Crippen LogP contribution >= 0.6 is 0 Å². The summed E-state index contributed by atoms with van der Waals surface area (Å²) in [4.78, 5) is 4.92. The van der Waals surface area contributed by atoms with E-state index in [-0.39, 0.29) is 0 Å². The summed E-state index contributed by atoms with van der Waals surface area (Å²) in [5.41, 5.74) is 10.3. The summed E-state index contributed by atoms with van der Waals surface area (Å²) in [6.07, 6.45) is 0.909. The molecule has 3 heteroatoms. The van der Waals surface area contributed by atoms with E-state index in [1.165, 1.54) is 44.5 Å². The summed E-state index contributed by atoms with van der Waals surface area (Å²) in [7, 11) is 2.16. The van der Waals surface area contributed by atoms with Crippen LogP contribution in [0.1, 0.15) is 28.2 Å². The fraction of sp³-hybridized carbons (Fsp3) is 0.238. The van der Waals surface area contributed by atoms with Gasteiger partial charge in [0.25, 0.3) is 0 Å². The number of fused-ring (bicyclic) bond motifs is 7. The first kappa shape index (κ1) is 13.7. The molecule has 0 amide bonds. The minimum Gasteiger partial charge on any atom is -0.289 e. The molecular weight excluding hydrogens is 294 g/mol. The molecule has 118 valence electrons. The van der Waals surface area contributed by atoms with Crippen LogP contribution in [0.25, 0.3) is 27.6 Å². The molecule has 0 aliphatic carbocycles. The van der Waals surface area contributed by atoms with Gasteiger partial charge in [-0.3, -0.25) is 4.57 Å². The maximum Gasteiger partial charge on any atom is 0.237 e. The van der Waals surface area contributed by atoms with Crippen LogP contribution in [0.4, 0.5) is 0 Å². The maximum atomic E-state index is 4.92. The van der Waals surface area contributed by atoms with Crippen LogP contribution in [0.2, 0.25) is 0 Å². The summed E-state index contributed by atoms with van der Waals surface area (Å²) < 4.78 is 4.70. The number of benzene rings is 2. The van der Waals surface area contributed by atoms with Crippen molar-refractivity contribution in [2.24, 2.45) is 7.05 Å². The minimum absolute atomic E-state index is 0.909. The topological polar surface area (TPSA) is 21.7 Å². The molecule has 0 N–H and O–H groups in total. The zero-order valence-electron chi connectivity index (χ0n) is 14.5. The largest absolute Gasteiger partial charge is 0.289 e. The van der Waals surface area contributed by atoms with Crippen LogP contribution in [0.5, 0.6) is 0 Å². The molecule has 5 rings (SSSR count). The maximum absolute atomic E-state index is 4.92. The van der Waals surface area contributed by atoms with E-state index in [9.17, 15) is 0 Å². The van der Waals surface area contributed by atoms with E-state index in [0.29, 0.717) is 0 Å². The van der Waals surface area contributed by atoms with Gasteiger partial charge in [-0.05, 0) is 48.7 Å². The summed E-state index contributed by atoms with van der Waals surface area (Å²) in [6, 6.07) is 13.2. The summed E-state index contributed by atoms with van der Waals surface area (Å²) >= 11 is 0. The van der Waals surface area contributed by atoms with Crippen LogP contribution < -0.4 is 4.57 Å². The van der Waals surface area contributed by atoms with Gasteiger partial charge in [-0.1, -0.05) is 12.1 Å². The Balaban J connectivity index is 2.01. The molecule has 24 heavy (non-hydrogen) atoms. The predicted molar refractivity (Wildman–Crippen MR) is 96.8 cm³/mol. The van der Waals surface area contributed by atoms with Crippen molar-refractivity contribution in [1.82, 2.24) is 9.55 Å². The van der Waals surface area contributed by atoms with Crippen molar-refractivity contribution in [2.75, 3.05) is 0 Å². The van der Waals surface area contributed by atoms with Gasteiger partial charge in [0.15, 0.2) is 5.69 Å². The highest BCUT2D eigenvalue weighted by Crippen LogP contribution is 2.37. The predicted octanol–water partition coefficient (Wildman–Crippen LogP) is 3.83. The van der Waals surface area contributed by atoms with Gasteiger partial charge in [-0.2, -0.15) is 4.57 Å². The lowest BCUT2D eigenvalue weighted by molar-refractivity contribution is -0.651. The second-order valence-corrected chi connectivity index (χ2v) is 6.96. The molecule has 0 bridgehead atoms. The molecule has 0 radical (unpaired) electrons. The lowest BCUT2D eigenvalue weighted by Crippen LogP contribution is -2.33. The quantitative estimate of drug-likeness (QED) is 0.398. The average Bonchev–Trinajstić information content (AvgIpc) is 3.10. The van der Waals surface area contributed by atoms with Crippen LogP contribution in [-0.2, 0) is 13.5 Å². The monoisotopic (exact) mass is 314 g/mol. The molecule has 2 aromatic heterocycles. The Bertz CT molecular complexity index is 1170.